The maximum Gasteiger partial charge on any atom is 0.155 e. The van der Waals surface area contributed by atoms with E-state index in [1.807, 2.05) is 13.8 Å². The third-order valence-electron chi connectivity index (χ3n) is 3.15. The van der Waals surface area contributed by atoms with E-state index < -0.39 is 0 Å². The zero-order valence-electron chi connectivity index (χ0n) is 12.1. The van der Waals surface area contributed by atoms with Crippen LogP contribution in [0.3, 0.4) is 0 Å². The van der Waals surface area contributed by atoms with E-state index in [9.17, 15) is 0 Å². The Morgan fingerprint density at radius 3 is 2.28 bits per heavy atom. The number of aromatic nitrogens is 2. The second kappa shape index (κ2) is 6.34. The van der Waals surface area contributed by atoms with Gasteiger partial charge < -0.3 is 10.2 Å². The second-order valence-corrected chi connectivity index (χ2v) is 5.70. The number of rotatable bonds is 5. The summed E-state index contributed by atoms with van der Waals surface area (Å²) in [5, 5.41) is 12.1. The van der Waals surface area contributed by atoms with Crippen LogP contribution >= 0.6 is 11.6 Å². The number of likely N-dealkylation sites (N-methyl/N-ethyl adjacent to an activating group) is 1. The van der Waals surface area contributed by atoms with Crippen molar-refractivity contribution in [2.45, 2.75) is 33.7 Å². The van der Waals surface area contributed by atoms with Gasteiger partial charge in [-0.15, -0.1) is 10.2 Å². The molecule has 1 atom stereocenters. The summed E-state index contributed by atoms with van der Waals surface area (Å²) in [6, 6.07) is 0.341. The molecule has 102 valence electrons. The minimum Gasteiger partial charge on any atom is -0.364 e. The van der Waals surface area contributed by atoms with E-state index in [1.54, 1.807) is 0 Å². The zero-order valence-corrected chi connectivity index (χ0v) is 12.8. The molecule has 1 unspecified atom stereocenters. The summed E-state index contributed by atoms with van der Waals surface area (Å²) in [6.45, 7) is 9.35. The summed E-state index contributed by atoms with van der Waals surface area (Å²) in [6.07, 6.45) is 0. The van der Waals surface area contributed by atoms with Crippen molar-refractivity contribution in [3.05, 3.63) is 16.3 Å². The molecule has 0 bridgehead atoms. The molecular formula is C13H23ClN4. The molecule has 0 amide bonds. The Kier molecular flexibility index (Phi) is 5.35. The maximum atomic E-state index is 5.96. The van der Waals surface area contributed by atoms with E-state index in [0.29, 0.717) is 17.1 Å². The van der Waals surface area contributed by atoms with Gasteiger partial charge in [0.2, 0.25) is 0 Å². The Morgan fingerprint density at radius 2 is 1.78 bits per heavy atom. The molecule has 0 aliphatic carbocycles. The number of hydrogen-bond donors (Lipinski definition) is 1. The van der Waals surface area contributed by atoms with Gasteiger partial charge in [0.25, 0.3) is 0 Å². The standard InChI is InChI=1S/C13H23ClN4/c1-8(2)11(7-18(5)6)15-13-10(4)9(3)12(14)16-17-13/h8,11H,7H2,1-6H3,(H,15,17). The van der Waals surface area contributed by atoms with Crippen LogP contribution in [-0.2, 0) is 0 Å². The average molecular weight is 271 g/mol. The summed E-state index contributed by atoms with van der Waals surface area (Å²) in [5.74, 6) is 1.35. The normalized spacial score (nSPS) is 13.2. The van der Waals surface area contributed by atoms with Crippen LogP contribution in [0.5, 0.6) is 0 Å². The van der Waals surface area contributed by atoms with Crippen molar-refractivity contribution in [1.29, 1.82) is 0 Å². The average Bonchev–Trinajstić information content (AvgIpc) is 2.28. The first-order valence-corrected chi connectivity index (χ1v) is 6.61. The molecule has 5 heteroatoms. The van der Waals surface area contributed by atoms with Crippen molar-refractivity contribution in [2.24, 2.45) is 5.92 Å². The quantitative estimate of drug-likeness (QED) is 0.893. The lowest BCUT2D eigenvalue weighted by molar-refractivity contribution is 0.344. The number of halogens is 1. The number of hydrogen-bond acceptors (Lipinski definition) is 4. The van der Waals surface area contributed by atoms with Crippen LogP contribution in [0.1, 0.15) is 25.0 Å². The van der Waals surface area contributed by atoms with Crippen molar-refractivity contribution < 1.29 is 0 Å². The molecule has 1 aromatic rings. The lowest BCUT2D eigenvalue weighted by atomic mass is 10.0. The summed E-state index contributed by atoms with van der Waals surface area (Å²) in [7, 11) is 4.14. The van der Waals surface area contributed by atoms with Gasteiger partial charge in [-0.1, -0.05) is 25.4 Å². The topological polar surface area (TPSA) is 41.1 Å². The minimum absolute atomic E-state index is 0.341. The fraction of sp³-hybridized carbons (Fsp3) is 0.692. The summed E-state index contributed by atoms with van der Waals surface area (Å²) in [5.41, 5.74) is 2.06. The van der Waals surface area contributed by atoms with Gasteiger partial charge in [-0.25, -0.2) is 0 Å². The van der Waals surface area contributed by atoms with E-state index >= 15 is 0 Å². The van der Waals surface area contributed by atoms with Crippen LogP contribution in [0.15, 0.2) is 0 Å². The first-order chi connectivity index (χ1) is 8.32. The van der Waals surface area contributed by atoms with E-state index in [-0.39, 0.29) is 0 Å². The van der Waals surface area contributed by atoms with Gasteiger partial charge in [-0.05, 0) is 45.0 Å². The van der Waals surface area contributed by atoms with Crippen molar-refractivity contribution >= 4 is 17.4 Å². The smallest absolute Gasteiger partial charge is 0.155 e. The molecule has 1 heterocycles. The SMILES string of the molecule is Cc1c(Cl)nnc(NC(CN(C)C)C(C)C)c1C. The van der Waals surface area contributed by atoms with Crippen LogP contribution in [-0.4, -0.2) is 41.8 Å². The molecule has 0 aromatic carbocycles. The van der Waals surface area contributed by atoms with Crippen LogP contribution in [0.25, 0.3) is 0 Å². The highest BCUT2D eigenvalue weighted by Gasteiger charge is 2.17. The summed E-state index contributed by atoms with van der Waals surface area (Å²) >= 11 is 5.96. The molecule has 1 N–H and O–H groups in total. The molecule has 0 aliphatic rings. The third kappa shape index (κ3) is 3.82. The van der Waals surface area contributed by atoms with Crippen LogP contribution in [0.4, 0.5) is 5.82 Å². The predicted molar refractivity (Wildman–Crippen MR) is 77.3 cm³/mol. The highest BCUT2D eigenvalue weighted by molar-refractivity contribution is 6.30. The highest BCUT2D eigenvalue weighted by Crippen LogP contribution is 2.22. The Bertz CT molecular complexity index is 404. The monoisotopic (exact) mass is 270 g/mol. The van der Waals surface area contributed by atoms with Gasteiger partial charge in [0.05, 0.1) is 0 Å². The molecule has 18 heavy (non-hydrogen) atoms. The van der Waals surface area contributed by atoms with Crippen LogP contribution in [0, 0.1) is 19.8 Å². The van der Waals surface area contributed by atoms with E-state index in [0.717, 1.165) is 23.5 Å². The fourth-order valence-electron chi connectivity index (χ4n) is 1.71. The Balaban J connectivity index is 2.91. The molecule has 0 spiro atoms. The molecule has 1 rings (SSSR count). The largest absolute Gasteiger partial charge is 0.364 e. The molecule has 1 aromatic heterocycles. The molecule has 0 fully saturated rings. The van der Waals surface area contributed by atoms with E-state index in [4.69, 9.17) is 11.6 Å². The van der Waals surface area contributed by atoms with Crippen LogP contribution in [0.2, 0.25) is 5.15 Å². The Morgan fingerprint density at radius 1 is 1.17 bits per heavy atom. The van der Waals surface area contributed by atoms with Crippen molar-refractivity contribution in [2.75, 3.05) is 26.0 Å². The second-order valence-electron chi connectivity index (χ2n) is 5.35. The molecular weight excluding hydrogens is 248 g/mol. The molecule has 0 aliphatic heterocycles. The lowest BCUT2D eigenvalue weighted by Crippen LogP contribution is -2.37. The van der Waals surface area contributed by atoms with Crippen LogP contribution < -0.4 is 5.32 Å². The zero-order chi connectivity index (χ0) is 13.9. The fourth-order valence-corrected chi connectivity index (χ4v) is 1.89. The molecule has 0 saturated heterocycles. The molecule has 0 saturated carbocycles. The van der Waals surface area contributed by atoms with Crippen molar-refractivity contribution in [1.82, 2.24) is 15.1 Å². The Hall–Kier alpha value is -0.870. The number of nitrogens with zero attached hydrogens (tertiary/aromatic N) is 3. The minimum atomic E-state index is 0.341. The predicted octanol–water partition coefficient (Wildman–Crippen LogP) is 2.74. The maximum absolute atomic E-state index is 5.96. The first-order valence-electron chi connectivity index (χ1n) is 6.23. The van der Waals surface area contributed by atoms with Crippen molar-refractivity contribution in [3.8, 4) is 0 Å². The van der Waals surface area contributed by atoms with E-state index in [1.165, 1.54) is 0 Å². The number of anilines is 1. The van der Waals surface area contributed by atoms with Gasteiger partial charge in [0.1, 0.15) is 0 Å². The van der Waals surface area contributed by atoms with Gasteiger partial charge in [-0.2, -0.15) is 0 Å². The van der Waals surface area contributed by atoms with Gasteiger partial charge >= 0.3 is 0 Å². The van der Waals surface area contributed by atoms with E-state index in [2.05, 4.69) is 48.4 Å². The first kappa shape index (κ1) is 15.2. The summed E-state index contributed by atoms with van der Waals surface area (Å²) < 4.78 is 0. The van der Waals surface area contributed by atoms with Gasteiger partial charge in [0.15, 0.2) is 11.0 Å². The van der Waals surface area contributed by atoms with Gasteiger partial charge in [0, 0.05) is 12.6 Å². The molecule has 4 nitrogen and oxygen atoms in total. The Labute approximate surface area is 115 Å². The van der Waals surface area contributed by atoms with Crippen molar-refractivity contribution in [3.63, 3.8) is 0 Å². The third-order valence-corrected chi connectivity index (χ3v) is 3.51. The highest BCUT2D eigenvalue weighted by atomic mass is 35.5. The lowest BCUT2D eigenvalue weighted by Gasteiger charge is -2.26. The number of nitrogens with one attached hydrogen (secondary N) is 1. The summed E-state index contributed by atoms with van der Waals surface area (Å²) in [4.78, 5) is 2.17. The molecule has 0 radical (unpaired) electrons. The van der Waals surface area contributed by atoms with Gasteiger partial charge in [-0.3, -0.25) is 0 Å².